The van der Waals surface area contributed by atoms with E-state index in [4.69, 9.17) is 5.73 Å². The Morgan fingerprint density at radius 3 is 2.65 bits per heavy atom. The maximum Gasteiger partial charge on any atom is 0.153 e. The Morgan fingerprint density at radius 2 is 1.94 bits per heavy atom. The Labute approximate surface area is 102 Å². The van der Waals surface area contributed by atoms with Crippen molar-refractivity contribution in [1.29, 1.82) is 0 Å². The van der Waals surface area contributed by atoms with E-state index in [9.17, 15) is 0 Å². The van der Waals surface area contributed by atoms with Crippen LogP contribution in [0.2, 0.25) is 0 Å². The van der Waals surface area contributed by atoms with E-state index in [1.807, 2.05) is 23.6 Å². The first-order valence-corrected chi connectivity index (χ1v) is 6.07. The second kappa shape index (κ2) is 4.03. The van der Waals surface area contributed by atoms with Gasteiger partial charge in [-0.15, -0.1) is 0 Å². The summed E-state index contributed by atoms with van der Waals surface area (Å²) in [5, 5.41) is 11.2. The van der Waals surface area contributed by atoms with Crippen LogP contribution < -0.4 is 5.73 Å². The molecule has 0 aromatic carbocycles. The molecule has 0 aliphatic heterocycles. The highest BCUT2D eigenvalue weighted by atomic mass is 32.1. The van der Waals surface area contributed by atoms with E-state index >= 15 is 0 Å². The van der Waals surface area contributed by atoms with Gasteiger partial charge in [0.2, 0.25) is 0 Å². The van der Waals surface area contributed by atoms with Crippen molar-refractivity contribution in [3.8, 4) is 22.4 Å². The molecule has 0 atom stereocenters. The molecule has 3 N–H and O–H groups in total. The van der Waals surface area contributed by atoms with E-state index < -0.39 is 0 Å². The third-order valence-corrected chi connectivity index (χ3v) is 3.26. The Kier molecular flexibility index (Phi) is 2.38. The van der Waals surface area contributed by atoms with Gasteiger partial charge in [-0.25, -0.2) is 0 Å². The molecule has 0 radical (unpaired) electrons. The molecule has 0 fully saturated rings. The van der Waals surface area contributed by atoms with Crippen LogP contribution in [-0.2, 0) is 0 Å². The van der Waals surface area contributed by atoms with E-state index in [1.54, 1.807) is 23.7 Å². The standard InChI is InChI=1S/C12H10N4S/c13-12-10(8-1-4-14-5-2-8)11(15-16-12)9-3-6-17-7-9/h1-7H,(H3,13,15,16). The average molecular weight is 242 g/mol. The molecule has 17 heavy (non-hydrogen) atoms. The number of nitrogens with one attached hydrogen (secondary N) is 1. The smallest absolute Gasteiger partial charge is 0.153 e. The maximum atomic E-state index is 5.92. The summed E-state index contributed by atoms with van der Waals surface area (Å²) in [4.78, 5) is 4.01. The minimum absolute atomic E-state index is 0.511. The number of nitrogen functional groups attached to an aromatic ring is 1. The van der Waals surface area contributed by atoms with Crippen LogP contribution in [0.15, 0.2) is 41.4 Å². The van der Waals surface area contributed by atoms with E-state index in [0.29, 0.717) is 5.82 Å². The zero-order valence-electron chi connectivity index (χ0n) is 8.92. The lowest BCUT2D eigenvalue weighted by atomic mass is 10.0. The Morgan fingerprint density at radius 1 is 1.12 bits per heavy atom. The fraction of sp³-hybridized carbons (Fsp3) is 0. The summed E-state index contributed by atoms with van der Waals surface area (Å²) in [7, 11) is 0. The summed E-state index contributed by atoms with van der Waals surface area (Å²) in [6.45, 7) is 0. The molecular weight excluding hydrogens is 232 g/mol. The van der Waals surface area contributed by atoms with Gasteiger partial charge in [-0.3, -0.25) is 10.1 Å². The highest BCUT2D eigenvalue weighted by Gasteiger charge is 2.14. The van der Waals surface area contributed by atoms with Crippen molar-refractivity contribution < 1.29 is 0 Å². The highest BCUT2D eigenvalue weighted by molar-refractivity contribution is 7.08. The first-order valence-electron chi connectivity index (χ1n) is 5.13. The van der Waals surface area contributed by atoms with Crippen LogP contribution in [0.3, 0.4) is 0 Å². The molecule has 0 bridgehead atoms. The number of nitrogens with zero attached hydrogens (tertiary/aromatic N) is 2. The molecular formula is C12H10N4S. The number of nitrogens with two attached hydrogens (primary N) is 1. The Hall–Kier alpha value is -2.14. The summed E-state index contributed by atoms with van der Waals surface area (Å²) >= 11 is 1.65. The lowest BCUT2D eigenvalue weighted by Crippen LogP contribution is -1.88. The van der Waals surface area contributed by atoms with Crippen molar-refractivity contribution in [3.05, 3.63) is 41.4 Å². The number of H-pyrrole nitrogens is 1. The monoisotopic (exact) mass is 242 g/mol. The second-order valence-corrected chi connectivity index (χ2v) is 4.39. The summed E-state index contributed by atoms with van der Waals surface area (Å²) in [5.74, 6) is 0.511. The molecule has 0 amide bonds. The molecule has 3 aromatic rings. The molecule has 4 nitrogen and oxygen atoms in total. The normalized spacial score (nSPS) is 10.6. The predicted octanol–water partition coefficient (Wildman–Crippen LogP) is 2.78. The summed E-state index contributed by atoms with van der Waals surface area (Å²) in [5.41, 5.74) is 9.93. The van der Waals surface area contributed by atoms with Crippen molar-refractivity contribution in [1.82, 2.24) is 15.2 Å². The van der Waals surface area contributed by atoms with Crippen molar-refractivity contribution in [2.45, 2.75) is 0 Å². The lowest BCUT2D eigenvalue weighted by molar-refractivity contribution is 1.10. The van der Waals surface area contributed by atoms with Gasteiger partial charge >= 0.3 is 0 Å². The van der Waals surface area contributed by atoms with Gasteiger partial charge < -0.3 is 5.73 Å². The van der Waals surface area contributed by atoms with Gasteiger partial charge in [0, 0.05) is 23.3 Å². The third kappa shape index (κ3) is 1.70. The molecule has 3 rings (SSSR count). The van der Waals surface area contributed by atoms with Gasteiger partial charge in [0.1, 0.15) is 0 Å². The fourth-order valence-electron chi connectivity index (χ4n) is 1.78. The van der Waals surface area contributed by atoms with Crippen LogP contribution in [0.1, 0.15) is 0 Å². The van der Waals surface area contributed by atoms with Crippen LogP contribution in [0, 0.1) is 0 Å². The summed E-state index contributed by atoms with van der Waals surface area (Å²) < 4.78 is 0. The van der Waals surface area contributed by atoms with Gasteiger partial charge in [-0.2, -0.15) is 16.4 Å². The summed E-state index contributed by atoms with van der Waals surface area (Å²) in [6.07, 6.45) is 3.50. The van der Waals surface area contributed by atoms with Gasteiger partial charge in [0.25, 0.3) is 0 Å². The number of aromatic amines is 1. The Balaban J connectivity index is 2.20. The van der Waals surface area contributed by atoms with Gasteiger partial charge in [-0.05, 0) is 29.1 Å². The number of hydrogen-bond donors (Lipinski definition) is 2. The molecule has 3 aromatic heterocycles. The highest BCUT2D eigenvalue weighted by Crippen LogP contribution is 2.34. The minimum atomic E-state index is 0.511. The molecule has 5 heteroatoms. The van der Waals surface area contributed by atoms with Crippen molar-refractivity contribution in [2.75, 3.05) is 5.73 Å². The average Bonchev–Trinajstić information content (AvgIpc) is 2.98. The zero-order valence-corrected chi connectivity index (χ0v) is 9.74. The number of rotatable bonds is 2. The molecule has 0 aliphatic carbocycles. The SMILES string of the molecule is Nc1n[nH]c(-c2ccsc2)c1-c1ccncc1. The second-order valence-electron chi connectivity index (χ2n) is 3.61. The van der Waals surface area contributed by atoms with Crippen LogP contribution in [0.4, 0.5) is 5.82 Å². The first-order chi connectivity index (χ1) is 8.36. The van der Waals surface area contributed by atoms with E-state index in [2.05, 4.69) is 20.6 Å². The molecule has 0 saturated heterocycles. The minimum Gasteiger partial charge on any atom is -0.382 e. The number of anilines is 1. The molecule has 3 heterocycles. The molecule has 0 saturated carbocycles. The third-order valence-electron chi connectivity index (χ3n) is 2.57. The van der Waals surface area contributed by atoms with E-state index in [1.165, 1.54) is 0 Å². The fourth-order valence-corrected chi connectivity index (χ4v) is 2.43. The topological polar surface area (TPSA) is 67.6 Å². The van der Waals surface area contributed by atoms with Crippen LogP contribution in [-0.4, -0.2) is 15.2 Å². The zero-order chi connectivity index (χ0) is 11.7. The van der Waals surface area contributed by atoms with Crippen molar-refractivity contribution >= 4 is 17.2 Å². The Bertz CT molecular complexity index is 613. The van der Waals surface area contributed by atoms with Gasteiger partial charge in [0.15, 0.2) is 5.82 Å². The number of thiophene rings is 1. The number of pyridine rings is 1. The largest absolute Gasteiger partial charge is 0.382 e. The van der Waals surface area contributed by atoms with Gasteiger partial charge in [-0.1, -0.05) is 0 Å². The quantitative estimate of drug-likeness (QED) is 0.726. The maximum absolute atomic E-state index is 5.92. The predicted molar refractivity (Wildman–Crippen MR) is 69.5 cm³/mol. The van der Waals surface area contributed by atoms with Crippen LogP contribution >= 0.6 is 11.3 Å². The first kappa shape index (κ1) is 10.0. The van der Waals surface area contributed by atoms with E-state index in [-0.39, 0.29) is 0 Å². The molecule has 0 spiro atoms. The number of hydrogen-bond acceptors (Lipinski definition) is 4. The van der Waals surface area contributed by atoms with Crippen molar-refractivity contribution in [2.24, 2.45) is 0 Å². The molecule has 0 aliphatic rings. The van der Waals surface area contributed by atoms with Crippen LogP contribution in [0.5, 0.6) is 0 Å². The van der Waals surface area contributed by atoms with Crippen LogP contribution in [0.25, 0.3) is 22.4 Å². The van der Waals surface area contributed by atoms with E-state index in [0.717, 1.165) is 22.4 Å². The summed E-state index contributed by atoms with van der Waals surface area (Å²) in [6, 6.07) is 5.90. The lowest BCUT2D eigenvalue weighted by Gasteiger charge is -2.02. The van der Waals surface area contributed by atoms with Crippen molar-refractivity contribution in [3.63, 3.8) is 0 Å². The molecule has 0 unspecified atom stereocenters. The van der Waals surface area contributed by atoms with Gasteiger partial charge in [0.05, 0.1) is 11.3 Å². The number of aromatic nitrogens is 3. The molecule has 84 valence electrons.